The van der Waals surface area contributed by atoms with Gasteiger partial charge in [-0.05, 0) is 36.4 Å². The van der Waals surface area contributed by atoms with Crippen LogP contribution < -0.4 is 10.9 Å². The molecular weight excluding hydrogens is 391 g/mol. The molecule has 27 heavy (non-hydrogen) atoms. The second-order valence-electron chi connectivity index (χ2n) is 5.36. The summed E-state index contributed by atoms with van der Waals surface area (Å²) in [7, 11) is 0. The third-order valence-electron chi connectivity index (χ3n) is 3.53. The van der Waals surface area contributed by atoms with Gasteiger partial charge in [0.2, 0.25) is 0 Å². The first-order valence-corrected chi connectivity index (χ1v) is 7.64. The highest BCUT2D eigenvalue weighted by molar-refractivity contribution is 6.31. The number of carbonyl (C=O) groups is 1. The number of hydrogen-bond donors (Lipinski definition) is 2. The SMILES string of the molecule is O=C(NNc1ccc(C(F)(F)F)cc1[N+](=O)[O-])c1cc2cc(Cl)ccc2o1. The molecule has 0 aliphatic heterocycles. The number of halogens is 4. The van der Waals surface area contributed by atoms with Gasteiger partial charge in [0, 0.05) is 16.5 Å². The molecular formula is C16H9ClF3N3O4. The lowest BCUT2D eigenvalue weighted by Crippen LogP contribution is -2.29. The summed E-state index contributed by atoms with van der Waals surface area (Å²) in [4.78, 5) is 22.2. The number of amides is 1. The van der Waals surface area contributed by atoms with E-state index < -0.39 is 28.3 Å². The molecule has 11 heteroatoms. The number of furan rings is 1. The first kappa shape index (κ1) is 18.5. The molecule has 3 rings (SSSR count). The van der Waals surface area contributed by atoms with Crippen molar-refractivity contribution >= 4 is 39.9 Å². The highest BCUT2D eigenvalue weighted by Crippen LogP contribution is 2.34. The van der Waals surface area contributed by atoms with Crippen LogP contribution in [0.3, 0.4) is 0 Å². The molecule has 0 bridgehead atoms. The maximum Gasteiger partial charge on any atom is 0.416 e. The minimum Gasteiger partial charge on any atom is -0.451 e. The van der Waals surface area contributed by atoms with Crippen LogP contribution in [0, 0.1) is 10.1 Å². The van der Waals surface area contributed by atoms with E-state index in [4.69, 9.17) is 16.0 Å². The normalized spacial score (nSPS) is 11.4. The zero-order valence-electron chi connectivity index (χ0n) is 13.1. The first-order valence-electron chi connectivity index (χ1n) is 7.26. The molecule has 1 heterocycles. The van der Waals surface area contributed by atoms with Gasteiger partial charge in [0.15, 0.2) is 5.76 Å². The van der Waals surface area contributed by atoms with Crippen molar-refractivity contribution in [1.29, 1.82) is 0 Å². The second kappa shape index (κ2) is 6.80. The van der Waals surface area contributed by atoms with Crippen molar-refractivity contribution in [2.24, 2.45) is 0 Å². The van der Waals surface area contributed by atoms with Crippen LogP contribution in [0.15, 0.2) is 46.9 Å². The second-order valence-corrected chi connectivity index (χ2v) is 5.80. The fourth-order valence-corrected chi connectivity index (χ4v) is 2.46. The largest absolute Gasteiger partial charge is 0.451 e. The standard InChI is InChI=1S/C16H9ClF3N3O4/c17-10-2-4-13-8(5-10)6-14(27-13)15(24)22-21-11-3-1-9(16(18,19)20)7-12(11)23(25)26/h1-7,21H,(H,22,24). The zero-order valence-corrected chi connectivity index (χ0v) is 13.9. The van der Waals surface area contributed by atoms with Crippen LogP contribution in [0.5, 0.6) is 0 Å². The van der Waals surface area contributed by atoms with E-state index in [1.54, 1.807) is 18.2 Å². The summed E-state index contributed by atoms with van der Waals surface area (Å²) >= 11 is 5.84. The number of anilines is 1. The van der Waals surface area contributed by atoms with Gasteiger partial charge in [-0.1, -0.05) is 11.6 Å². The van der Waals surface area contributed by atoms with Crippen LogP contribution in [0.4, 0.5) is 24.5 Å². The predicted octanol–water partition coefficient (Wildman–Crippen LogP) is 4.77. The minimum atomic E-state index is -4.73. The number of nitro groups is 1. The molecule has 2 aromatic carbocycles. The number of fused-ring (bicyclic) bond motifs is 1. The van der Waals surface area contributed by atoms with Crippen LogP contribution in [0.25, 0.3) is 11.0 Å². The lowest BCUT2D eigenvalue weighted by atomic mass is 10.1. The number of alkyl halides is 3. The number of benzene rings is 2. The summed E-state index contributed by atoms with van der Waals surface area (Å²) in [5, 5.41) is 12.0. The summed E-state index contributed by atoms with van der Waals surface area (Å²) in [6, 6.07) is 7.98. The molecule has 0 fully saturated rings. The average molecular weight is 400 g/mol. The quantitative estimate of drug-likeness (QED) is 0.486. The smallest absolute Gasteiger partial charge is 0.416 e. The van der Waals surface area contributed by atoms with Gasteiger partial charge in [-0.3, -0.25) is 25.8 Å². The molecule has 0 atom stereocenters. The Kier molecular flexibility index (Phi) is 4.66. The molecule has 0 radical (unpaired) electrons. The van der Waals surface area contributed by atoms with Gasteiger partial charge >= 0.3 is 12.1 Å². The fourth-order valence-electron chi connectivity index (χ4n) is 2.28. The molecule has 0 spiro atoms. The Morgan fingerprint density at radius 2 is 1.89 bits per heavy atom. The van der Waals surface area contributed by atoms with Gasteiger partial charge in [-0.15, -0.1) is 0 Å². The zero-order chi connectivity index (χ0) is 19.8. The van der Waals surface area contributed by atoms with E-state index in [2.05, 4.69) is 10.9 Å². The monoisotopic (exact) mass is 399 g/mol. The molecule has 7 nitrogen and oxygen atoms in total. The Bertz CT molecular complexity index is 1050. The number of nitrogens with zero attached hydrogens (tertiary/aromatic N) is 1. The van der Waals surface area contributed by atoms with Crippen molar-refractivity contribution in [3.8, 4) is 0 Å². The molecule has 1 aromatic heterocycles. The molecule has 3 aromatic rings. The van der Waals surface area contributed by atoms with Crippen LogP contribution in [-0.2, 0) is 6.18 Å². The van der Waals surface area contributed by atoms with E-state index in [0.717, 1.165) is 6.07 Å². The number of hydrazine groups is 1. The fraction of sp³-hybridized carbons (Fsp3) is 0.0625. The predicted molar refractivity (Wildman–Crippen MR) is 90.4 cm³/mol. The van der Waals surface area contributed by atoms with Gasteiger partial charge in [-0.2, -0.15) is 13.2 Å². The number of hydrogen-bond acceptors (Lipinski definition) is 5. The van der Waals surface area contributed by atoms with E-state index in [0.29, 0.717) is 28.1 Å². The van der Waals surface area contributed by atoms with Crippen molar-refractivity contribution in [2.45, 2.75) is 6.18 Å². The van der Waals surface area contributed by atoms with Crippen LogP contribution >= 0.6 is 11.6 Å². The lowest BCUT2D eigenvalue weighted by molar-refractivity contribution is -0.384. The number of nitro benzene ring substituents is 1. The molecule has 0 saturated carbocycles. The maximum atomic E-state index is 12.7. The van der Waals surface area contributed by atoms with Crippen LogP contribution in [0.2, 0.25) is 5.02 Å². The van der Waals surface area contributed by atoms with Gasteiger partial charge in [-0.25, -0.2) is 0 Å². The van der Waals surface area contributed by atoms with Crippen LogP contribution in [-0.4, -0.2) is 10.8 Å². The third-order valence-corrected chi connectivity index (χ3v) is 3.77. The van der Waals surface area contributed by atoms with E-state index in [9.17, 15) is 28.1 Å². The number of rotatable bonds is 4. The lowest BCUT2D eigenvalue weighted by Gasteiger charge is -2.10. The summed E-state index contributed by atoms with van der Waals surface area (Å²) in [6.07, 6.45) is -4.73. The molecule has 0 saturated heterocycles. The molecule has 140 valence electrons. The minimum absolute atomic E-state index is 0.116. The maximum absolute atomic E-state index is 12.7. The van der Waals surface area contributed by atoms with Gasteiger partial charge in [0.25, 0.3) is 5.69 Å². The van der Waals surface area contributed by atoms with E-state index in [1.165, 1.54) is 6.07 Å². The first-order chi connectivity index (χ1) is 12.6. The number of carbonyl (C=O) groups excluding carboxylic acids is 1. The van der Waals surface area contributed by atoms with E-state index in [1.807, 2.05) is 0 Å². The van der Waals surface area contributed by atoms with Gasteiger partial charge < -0.3 is 4.42 Å². The summed E-state index contributed by atoms with van der Waals surface area (Å²) < 4.78 is 43.4. The van der Waals surface area contributed by atoms with Gasteiger partial charge in [0.05, 0.1) is 10.5 Å². The average Bonchev–Trinajstić information content (AvgIpc) is 3.01. The molecule has 0 aliphatic rings. The van der Waals surface area contributed by atoms with E-state index >= 15 is 0 Å². The molecule has 0 unspecified atom stereocenters. The van der Waals surface area contributed by atoms with Crippen LogP contribution in [0.1, 0.15) is 16.1 Å². The summed E-state index contributed by atoms with van der Waals surface area (Å²) in [6.45, 7) is 0. The Hall–Kier alpha value is -3.27. The number of nitrogens with one attached hydrogen (secondary N) is 2. The molecule has 0 aliphatic carbocycles. The van der Waals surface area contributed by atoms with Crippen molar-refractivity contribution < 1.29 is 27.3 Å². The van der Waals surface area contributed by atoms with Gasteiger partial charge in [0.1, 0.15) is 11.3 Å². The Balaban J connectivity index is 1.80. The topological polar surface area (TPSA) is 97.4 Å². The third kappa shape index (κ3) is 3.95. The summed E-state index contributed by atoms with van der Waals surface area (Å²) in [5.41, 5.74) is 2.42. The Morgan fingerprint density at radius 1 is 1.15 bits per heavy atom. The van der Waals surface area contributed by atoms with E-state index in [-0.39, 0.29) is 11.4 Å². The molecule has 2 N–H and O–H groups in total. The highest BCUT2D eigenvalue weighted by atomic mass is 35.5. The summed E-state index contributed by atoms with van der Waals surface area (Å²) in [5.74, 6) is -0.897. The van der Waals surface area contributed by atoms with Crippen molar-refractivity contribution in [2.75, 3.05) is 5.43 Å². The van der Waals surface area contributed by atoms with Crippen molar-refractivity contribution in [1.82, 2.24) is 5.43 Å². The Labute approximate surface area is 153 Å². The Morgan fingerprint density at radius 3 is 2.56 bits per heavy atom. The highest BCUT2D eigenvalue weighted by Gasteiger charge is 2.33. The van der Waals surface area contributed by atoms with Crippen molar-refractivity contribution in [3.63, 3.8) is 0 Å². The molecule has 1 amide bonds. The van der Waals surface area contributed by atoms with Crippen molar-refractivity contribution in [3.05, 3.63) is 68.9 Å².